The van der Waals surface area contributed by atoms with E-state index in [1.807, 2.05) is 0 Å². The number of hydrogen-bond donors (Lipinski definition) is 1. The van der Waals surface area contributed by atoms with Crippen molar-refractivity contribution in [3.05, 3.63) is 27.7 Å². The molecule has 4 nitrogen and oxygen atoms in total. The highest BCUT2D eigenvalue weighted by molar-refractivity contribution is 9.10. The van der Waals surface area contributed by atoms with Gasteiger partial charge in [0.2, 0.25) is 5.91 Å². The minimum atomic E-state index is -0.377. The number of carbonyl (C=O) groups excluding carboxylic acids is 2. The summed E-state index contributed by atoms with van der Waals surface area (Å²) in [6.07, 6.45) is 0.148. The van der Waals surface area contributed by atoms with Crippen LogP contribution in [-0.4, -0.2) is 18.5 Å². The van der Waals surface area contributed by atoms with Gasteiger partial charge >= 0.3 is 5.97 Å². The molecule has 0 aliphatic carbocycles. The Bertz CT molecular complexity index is 451. The highest BCUT2D eigenvalue weighted by Crippen LogP contribution is 2.30. The summed E-state index contributed by atoms with van der Waals surface area (Å²) in [5.74, 6) is -0.635. The minimum absolute atomic E-state index is 0.0673. The van der Waals surface area contributed by atoms with E-state index in [9.17, 15) is 9.59 Å². The predicted molar refractivity (Wildman–Crippen MR) is 73.6 cm³/mol. The molecular formula is C12H13BrClNO3. The fourth-order valence-corrected chi connectivity index (χ4v) is 1.80. The Morgan fingerprint density at radius 3 is 2.78 bits per heavy atom. The van der Waals surface area contributed by atoms with Crippen LogP contribution in [0.1, 0.15) is 19.8 Å². The van der Waals surface area contributed by atoms with Crippen LogP contribution < -0.4 is 5.32 Å². The minimum Gasteiger partial charge on any atom is -0.466 e. The van der Waals surface area contributed by atoms with Crippen LogP contribution in [0.4, 0.5) is 5.69 Å². The number of halogens is 2. The van der Waals surface area contributed by atoms with Gasteiger partial charge in [-0.15, -0.1) is 0 Å². The van der Waals surface area contributed by atoms with Gasteiger partial charge in [0.25, 0.3) is 0 Å². The summed E-state index contributed by atoms with van der Waals surface area (Å²) in [7, 11) is 0. The molecule has 1 aromatic rings. The standard InChI is InChI=1S/C12H13BrClNO3/c1-2-18-11(17)7-6-10(16)15-9-5-3-4-8(14)12(9)13/h3-5H,2,6-7H2,1H3,(H,15,16). The molecule has 0 unspecified atom stereocenters. The van der Waals surface area contributed by atoms with E-state index in [1.54, 1.807) is 25.1 Å². The van der Waals surface area contributed by atoms with Crippen molar-refractivity contribution in [2.45, 2.75) is 19.8 Å². The number of nitrogens with one attached hydrogen (secondary N) is 1. The molecule has 0 aliphatic heterocycles. The summed E-state index contributed by atoms with van der Waals surface area (Å²) in [6, 6.07) is 5.16. The number of amides is 1. The first kappa shape index (κ1) is 15.0. The second-order valence-electron chi connectivity index (χ2n) is 3.45. The van der Waals surface area contributed by atoms with Gasteiger partial charge in [-0.2, -0.15) is 0 Å². The molecule has 0 bridgehead atoms. The van der Waals surface area contributed by atoms with Crippen molar-refractivity contribution in [1.29, 1.82) is 0 Å². The van der Waals surface area contributed by atoms with Gasteiger partial charge in [-0.3, -0.25) is 9.59 Å². The zero-order valence-electron chi connectivity index (χ0n) is 9.83. The monoisotopic (exact) mass is 333 g/mol. The lowest BCUT2D eigenvalue weighted by Crippen LogP contribution is -2.14. The number of anilines is 1. The third kappa shape index (κ3) is 4.66. The van der Waals surface area contributed by atoms with Gasteiger partial charge in [-0.1, -0.05) is 17.7 Å². The van der Waals surface area contributed by atoms with Gasteiger partial charge in [0.05, 0.1) is 28.2 Å². The van der Waals surface area contributed by atoms with E-state index in [-0.39, 0.29) is 24.7 Å². The summed E-state index contributed by atoms with van der Waals surface area (Å²) < 4.78 is 5.36. The van der Waals surface area contributed by atoms with Crippen LogP contribution in [0.15, 0.2) is 22.7 Å². The number of carbonyl (C=O) groups is 2. The van der Waals surface area contributed by atoms with Crippen molar-refractivity contribution >= 4 is 45.1 Å². The largest absolute Gasteiger partial charge is 0.466 e. The average molecular weight is 335 g/mol. The Morgan fingerprint density at radius 2 is 2.11 bits per heavy atom. The van der Waals surface area contributed by atoms with E-state index >= 15 is 0 Å². The third-order valence-electron chi connectivity index (χ3n) is 2.09. The molecule has 0 saturated heterocycles. The van der Waals surface area contributed by atoms with Crippen molar-refractivity contribution in [2.75, 3.05) is 11.9 Å². The maximum Gasteiger partial charge on any atom is 0.306 e. The maximum absolute atomic E-state index is 11.6. The van der Waals surface area contributed by atoms with Gasteiger partial charge in [-0.25, -0.2) is 0 Å². The number of ether oxygens (including phenoxy) is 1. The Kier molecular flexibility index (Phi) is 6.15. The molecule has 0 aromatic heterocycles. The Balaban J connectivity index is 2.50. The second kappa shape index (κ2) is 7.38. The molecule has 0 fully saturated rings. The molecule has 1 amide bonds. The van der Waals surface area contributed by atoms with Crippen LogP contribution in [0, 0.1) is 0 Å². The van der Waals surface area contributed by atoms with Crippen LogP contribution in [0.25, 0.3) is 0 Å². The van der Waals surface area contributed by atoms with Gasteiger partial charge in [0.15, 0.2) is 0 Å². The number of rotatable bonds is 5. The first-order valence-corrected chi connectivity index (χ1v) is 6.61. The smallest absolute Gasteiger partial charge is 0.306 e. The third-order valence-corrected chi connectivity index (χ3v) is 3.48. The highest BCUT2D eigenvalue weighted by atomic mass is 79.9. The molecule has 1 rings (SSSR count). The molecule has 98 valence electrons. The number of benzene rings is 1. The Morgan fingerprint density at radius 1 is 1.39 bits per heavy atom. The van der Waals surface area contributed by atoms with Gasteiger partial charge < -0.3 is 10.1 Å². The molecule has 1 aromatic carbocycles. The zero-order valence-corrected chi connectivity index (χ0v) is 12.2. The quantitative estimate of drug-likeness (QED) is 0.840. The summed E-state index contributed by atoms with van der Waals surface area (Å²) in [5.41, 5.74) is 0.580. The van der Waals surface area contributed by atoms with Crippen LogP contribution in [0.5, 0.6) is 0 Å². The van der Waals surface area contributed by atoms with Crippen molar-refractivity contribution in [2.24, 2.45) is 0 Å². The van der Waals surface area contributed by atoms with E-state index < -0.39 is 0 Å². The maximum atomic E-state index is 11.6. The fraction of sp³-hybridized carbons (Fsp3) is 0.333. The molecule has 18 heavy (non-hydrogen) atoms. The topological polar surface area (TPSA) is 55.4 Å². The van der Waals surface area contributed by atoms with E-state index in [4.69, 9.17) is 16.3 Å². The van der Waals surface area contributed by atoms with Crippen molar-refractivity contribution in [3.63, 3.8) is 0 Å². The molecule has 0 radical (unpaired) electrons. The van der Waals surface area contributed by atoms with Gasteiger partial charge in [0.1, 0.15) is 0 Å². The molecule has 0 saturated carbocycles. The fourth-order valence-electron chi connectivity index (χ4n) is 1.26. The number of hydrogen-bond acceptors (Lipinski definition) is 3. The van der Waals surface area contributed by atoms with Crippen molar-refractivity contribution in [1.82, 2.24) is 0 Å². The normalized spacial score (nSPS) is 9.94. The lowest BCUT2D eigenvalue weighted by molar-refractivity contribution is -0.144. The lowest BCUT2D eigenvalue weighted by atomic mass is 10.2. The molecular weight excluding hydrogens is 321 g/mol. The average Bonchev–Trinajstić information content (AvgIpc) is 2.33. The Labute approximate surface area is 119 Å². The van der Waals surface area contributed by atoms with E-state index in [1.165, 1.54) is 0 Å². The summed E-state index contributed by atoms with van der Waals surface area (Å²) >= 11 is 9.17. The molecule has 1 N–H and O–H groups in total. The number of esters is 1. The van der Waals surface area contributed by atoms with Crippen LogP contribution in [-0.2, 0) is 14.3 Å². The summed E-state index contributed by atoms with van der Waals surface area (Å²) in [5, 5.41) is 3.18. The SMILES string of the molecule is CCOC(=O)CCC(=O)Nc1cccc(Cl)c1Br. The first-order chi connectivity index (χ1) is 8.54. The first-order valence-electron chi connectivity index (χ1n) is 5.44. The molecule has 6 heteroatoms. The summed E-state index contributed by atoms with van der Waals surface area (Å²) in [4.78, 5) is 22.7. The van der Waals surface area contributed by atoms with Gasteiger partial charge in [0, 0.05) is 6.42 Å². The Hall–Kier alpha value is -1.07. The van der Waals surface area contributed by atoms with Crippen LogP contribution in [0.2, 0.25) is 5.02 Å². The molecule has 0 spiro atoms. The van der Waals surface area contributed by atoms with E-state index in [0.717, 1.165) is 0 Å². The van der Waals surface area contributed by atoms with Crippen LogP contribution >= 0.6 is 27.5 Å². The highest BCUT2D eigenvalue weighted by Gasteiger charge is 2.10. The van der Waals surface area contributed by atoms with E-state index in [0.29, 0.717) is 21.8 Å². The second-order valence-corrected chi connectivity index (χ2v) is 4.65. The van der Waals surface area contributed by atoms with E-state index in [2.05, 4.69) is 21.2 Å². The lowest BCUT2D eigenvalue weighted by Gasteiger charge is -2.08. The predicted octanol–water partition coefficient (Wildman–Crippen LogP) is 3.38. The molecule has 0 atom stereocenters. The van der Waals surface area contributed by atoms with Crippen LogP contribution in [0.3, 0.4) is 0 Å². The van der Waals surface area contributed by atoms with Gasteiger partial charge in [-0.05, 0) is 35.0 Å². The zero-order chi connectivity index (χ0) is 13.5. The molecule has 0 aliphatic rings. The summed E-state index contributed by atoms with van der Waals surface area (Å²) in [6.45, 7) is 2.04. The van der Waals surface area contributed by atoms with Crippen molar-refractivity contribution in [3.8, 4) is 0 Å². The molecule has 0 heterocycles. The van der Waals surface area contributed by atoms with Crippen molar-refractivity contribution < 1.29 is 14.3 Å².